The fourth-order valence-electron chi connectivity index (χ4n) is 3.74. The Hall–Kier alpha value is -4.42. The lowest BCUT2D eigenvalue weighted by Crippen LogP contribution is -2.28. The van der Waals surface area contributed by atoms with E-state index in [1.165, 1.54) is 18.4 Å². The van der Waals surface area contributed by atoms with E-state index in [0.29, 0.717) is 52.2 Å². The first-order chi connectivity index (χ1) is 19.0. The summed E-state index contributed by atoms with van der Waals surface area (Å²) in [5.74, 6) is 0.725. The van der Waals surface area contributed by atoms with E-state index in [0.717, 1.165) is 12.0 Å². The Morgan fingerprint density at radius 2 is 1.90 bits per heavy atom. The molecule has 0 radical (unpaired) electrons. The van der Waals surface area contributed by atoms with Crippen molar-refractivity contribution >= 4 is 29.0 Å². The Labute approximate surface area is 229 Å². The minimum absolute atomic E-state index is 0.186. The number of hydrogen-bond donors (Lipinski definition) is 3. The molecule has 39 heavy (non-hydrogen) atoms. The van der Waals surface area contributed by atoms with Gasteiger partial charge in [0.2, 0.25) is 11.8 Å². The summed E-state index contributed by atoms with van der Waals surface area (Å²) in [6.07, 6.45) is 5.73. The quantitative estimate of drug-likeness (QED) is 0.232. The zero-order chi connectivity index (χ0) is 27.8. The molecule has 4 N–H and O–H groups in total. The minimum Gasteiger partial charge on any atom is -0.480 e. The second kappa shape index (κ2) is 12.9. The standard InChI is InChI=1S/C27H29N7O4S/c1-4-9-38-25-17(7-6-8-30-25)21-15-39-26(33-21)18-11-23(34-27(36)29-5-2)31-14-20(18)16-10-19(22(35)12-28)24(37-3)32-13-16/h6-8,10-11,13-15H,4-5,9,12,28H2,1-3H3,(H2,29,31,34,36). The van der Waals surface area contributed by atoms with Crippen molar-refractivity contribution in [3.63, 3.8) is 0 Å². The van der Waals surface area contributed by atoms with Gasteiger partial charge in [0.15, 0.2) is 5.78 Å². The van der Waals surface area contributed by atoms with Gasteiger partial charge in [0, 0.05) is 47.2 Å². The molecular weight excluding hydrogens is 518 g/mol. The highest BCUT2D eigenvalue weighted by atomic mass is 32.1. The van der Waals surface area contributed by atoms with Gasteiger partial charge in [-0.25, -0.2) is 24.7 Å². The van der Waals surface area contributed by atoms with Crippen molar-refractivity contribution in [2.45, 2.75) is 20.3 Å². The van der Waals surface area contributed by atoms with Crippen molar-refractivity contribution in [1.82, 2.24) is 25.3 Å². The molecule has 0 atom stereocenters. The monoisotopic (exact) mass is 547 g/mol. The molecule has 0 aliphatic rings. The number of rotatable bonds is 11. The maximum atomic E-state index is 12.5. The molecule has 0 spiro atoms. The molecule has 0 unspecified atom stereocenters. The normalized spacial score (nSPS) is 10.7. The smallest absolute Gasteiger partial charge is 0.320 e. The van der Waals surface area contributed by atoms with Crippen LogP contribution in [0.3, 0.4) is 0 Å². The van der Waals surface area contributed by atoms with E-state index < -0.39 is 0 Å². The SMILES string of the molecule is CCCOc1ncccc1-c1csc(-c2cc(NC(=O)NCC)ncc2-c2cnc(OC)c(C(=O)CN)c2)n1. The number of amides is 2. The van der Waals surface area contributed by atoms with E-state index in [1.54, 1.807) is 30.7 Å². The third kappa shape index (κ3) is 6.36. The summed E-state index contributed by atoms with van der Waals surface area (Å²) in [5.41, 5.74) is 9.31. The number of ether oxygens (including phenoxy) is 2. The fraction of sp³-hybridized carbons (Fsp3) is 0.259. The first-order valence-corrected chi connectivity index (χ1v) is 13.2. The molecule has 12 heteroatoms. The van der Waals surface area contributed by atoms with E-state index in [2.05, 4.69) is 25.6 Å². The van der Waals surface area contributed by atoms with Crippen LogP contribution in [0.4, 0.5) is 10.6 Å². The van der Waals surface area contributed by atoms with Crippen LogP contribution in [0.15, 0.2) is 48.2 Å². The van der Waals surface area contributed by atoms with E-state index >= 15 is 0 Å². The van der Waals surface area contributed by atoms with Gasteiger partial charge in [-0.2, -0.15) is 0 Å². The van der Waals surface area contributed by atoms with E-state index in [4.69, 9.17) is 20.2 Å². The Morgan fingerprint density at radius 3 is 2.64 bits per heavy atom. The topological polar surface area (TPSA) is 154 Å². The van der Waals surface area contributed by atoms with Gasteiger partial charge >= 0.3 is 6.03 Å². The molecule has 0 aliphatic heterocycles. The van der Waals surface area contributed by atoms with E-state index in [1.807, 2.05) is 31.4 Å². The van der Waals surface area contributed by atoms with Crippen LogP contribution < -0.4 is 25.8 Å². The number of aromatic nitrogens is 4. The zero-order valence-corrected chi connectivity index (χ0v) is 22.7. The van der Waals surface area contributed by atoms with E-state index in [9.17, 15) is 9.59 Å². The summed E-state index contributed by atoms with van der Waals surface area (Å²) in [6.45, 7) is 4.67. The predicted octanol–water partition coefficient (Wildman–Crippen LogP) is 4.41. The molecule has 0 saturated heterocycles. The number of methoxy groups -OCH3 is 1. The lowest BCUT2D eigenvalue weighted by molar-refractivity contribution is 0.0997. The molecule has 11 nitrogen and oxygen atoms in total. The van der Waals surface area contributed by atoms with Crippen LogP contribution in [0, 0.1) is 0 Å². The maximum absolute atomic E-state index is 12.5. The van der Waals surface area contributed by atoms with Gasteiger partial charge in [0.1, 0.15) is 10.8 Å². The highest BCUT2D eigenvalue weighted by Gasteiger charge is 2.20. The van der Waals surface area contributed by atoms with Crippen molar-refractivity contribution < 1.29 is 19.1 Å². The highest BCUT2D eigenvalue weighted by molar-refractivity contribution is 7.13. The number of thiazole rings is 1. The molecule has 4 aromatic heterocycles. The number of nitrogens with zero attached hydrogens (tertiary/aromatic N) is 4. The zero-order valence-electron chi connectivity index (χ0n) is 21.9. The van der Waals surface area contributed by atoms with Crippen LogP contribution in [0.5, 0.6) is 11.8 Å². The average molecular weight is 548 g/mol. The van der Waals surface area contributed by atoms with Crippen molar-refractivity contribution in [1.29, 1.82) is 0 Å². The Bertz CT molecular complexity index is 1470. The van der Waals surface area contributed by atoms with Gasteiger partial charge in [-0.15, -0.1) is 11.3 Å². The number of anilines is 1. The first-order valence-electron chi connectivity index (χ1n) is 12.4. The third-order valence-electron chi connectivity index (χ3n) is 5.55. The Kier molecular flexibility index (Phi) is 9.13. The number of carbonyl (C=O) groups excluding carboxylic acids is 2. The Morgan fingerprint density at radius 1 is 1.05 bits per heavy atom. The molecule has 2 amide bonds. The van der Waals surface area contributed by atoms with Crippen LogP contribution in [0.2, 0.25) is 0 Å². The van der Waals surface area contributed by atoms with Crippen LogP contribution in [0.25, 0.3) is 33.0 Å². The average Bonchev–Trinajstić information content (AvgIpc) is 3.45. The molecule has 0 aromatic carbocycles. The van der Waals surface area contributed by atoms with Crippen LogP contribution in [-0.4, -0.2) is 58.6 Å². The highest BCUT2D eigenvalue weighted by Crippen LogP contribution is 2.38. The largest absolute Gasteiger partial charge is 0.480 e. The van der Waals surface area contributed by atoms with Gasteiger partial charge in [0.05, 0.1) is 37.1 Å². The van der Waals surface area contributed by atoms with Crippen LogP contribution in [0.1, 0.15) is 30.6 Å². The van der Waals surface area contributed by atoms with Gasteiger partial charge in [-0.3, -0.25) is 10.1 Å². The molecule has 4 heterocycles. The number of ketones is 1. The molecule has 202 valence electrons. The number of urea groups is 1. The lowest BCUT2D eigenvalue weighted by Gasteiger charge is -2.13. The number of nitrogens with one attached hydrogen (secondary N) is 2. The Balaban J connectivity index is 1.82. The van der Waals surface area contributed by atoms with Gasteiger partial charge in [-0.05, 0) is 37.6 Å². The summed E-state index contributed by atoms with van der Waals surface area (Å²) >= 11 is 1.42. The predicted molar refractivity (Wildman–Crippen MR) is 150 cm³/mol. The number of Topliss-reactive ketones (excluding diaryl/α,β-unsaturated/α-hetero) is 1. The number of hydrogen-bond acceptors (Lipinski definition) is 10. The second-order valence-electron chi connectivity index (χ2n) is 8.25. The molecule has 0 fully saturated rings. The first kappa shape index (κ1) is 27.6. The molecule has 4 rings (SSSR count). The van der Waals surface area contributed by atoms with E-state index in [-0.39, 0.29) is 29.8 Å². The molecular formula is C27H29N7O4S. The molecule has 0 aliphatic carbocycles. The number of pyridine rings is 3. The van der Waals surface area contributed by atoms with Gasteiger partial charge in [-0.1, -0.05) is 6.92 Å². The third-order valence-corrected chi connectivity index (χ3v) is 6.42. The molecule has 4 aromatic rings. The van der Waals surface area contributed by atoms with Crippen LogP contribution >= 0.6 is 11.3 Å². The van der Waals surface area contributed by atoms with Crippen LogP contribution in [-0.2, 0) is 0 Å². The van der Waals surface area contributed by atoms with Crippen molar-refractivity contribution in [3.8, 4) is 44.7 Å². The number of nitrogens with two attached hydrogens (primary N) is 1. The summed E-state index contributed by atoms with van der Waals surface area (Å²) in [4.78, 5) is 42.7. The summed E-state index contributed by atoms with van der Waals surface area (Å²) < 4.78 is 11.1. The molecule has 0 bridgehead atoms. The summed E-state index contributed by atoms with van der Waals surface area (Å²) in [7, 11) is 1.44. The minimum atomic E-state index is -0.376. The maximum Gasteiger partial charge on any atom is 0.320 e. The number of carbonyl (C=O) groups is 2. The molecule has 0 saturated carbocycles. The summed E-state index contributed by atoms with van der Waals surface area (Å²) in [5, 5.41) is 8.01. The van der Waals surface area contributed by atoms with Crippen molar-refractivity contribution in [3.05, 3.63) is 53.8 Å². The van der Waals surface area contributed by atoms with Crippen molar-refractivity contribution in [2.75, 3.05) is 32.1 Å². The fourth-order valence-corrected chi connectivity index (χ4v) is 4.59. The lowest BCUT2D eigenvalue weighted by atomic mass is 10.0. The van der Waals surface area contributed by atoms with Gasteiger partial charge in [0.25, 0.3) is 0 Å². The summed E-state index contributed by atoms with van der Waals surface area (Å²) in [6, 6.07) is 6.77. The second-order valence-corrected chi connectivity index (χ2v) is 9.11. The van der Waals surface area contributed by atoms with Crippen molar-refractivity contribution in [2.24, 2.45) is 5.73 Å². The van der Waals surface area contributed by atoms with Gasteiger partial charge < -0.3 is 20.5 Å².